The zero-order valence-corrected chi connectivity index (χ0v) is 11.1. The highest BCUT2D eigenvalue weighted by atomic mass is 19.4. The van der Waals surface area contributed by atoms with Crippen molar-refractivity contribution in [2.45, 2.75) is 13.1 Å². The summed E-state index contributed by atoms with van der Waals surface area (Å²) in [7, 11) is 0. The normalized spacial score (nSPS) is 12.0. The van der Waals surface area contributed by atoms with Crippen molar-refractivity contribution in [1.82, 2.24) is 9.55 Å². The molecule has 6 heteroatoms. The standard InChI is InChI=1S/C15H12F3N3/c1-9-20-13-8-11(19)5-6-14(13)21(9)12-4-2-3-10(7-12)15(16,17)18/h2-8H,19H2,1H3. The molecule has 0 amide bonds. The summed E-state index contributed by atoms with van der Waals surface area (Å²) in [5, 5.41) is 0. The van der Waals surface area contributed by atoms with Crippen LogP contribution in [0.5, 0.6) is 0 Å². The summed E-state index contributed by atoms with van der Waals surface area (Å²) in [6.45, 7) is 1.75. The third-order valence-electron chi connectivity index (χ3n) is 3.28. The van der Waals surface area contributed by atoms with E-state index in [-0.39, 0.29) is 0 Å². The Balaban J connectivity index is 2.23. The van der Waals surface area contributed by atoms with E-state index in [0.29, 0.717) is 22.7 Å². The summed E-state index contributed by atoms with van der Waals surface area (Å²) in [4.78, 5) is 4.34. The van der Waals surface area contributed by atoms with Crippen molar-refractivity contribution >= 4 is 16.7 Å². The van der Waals surface area contributed by atoms with Gasteiger partial charge < -0.3 is 5.73 Å². The smallest absolute Gasteiger partial charge is 0.399 e. The number of fused-ring (bicyclic) bond motifs is 1. The minimum atomic E-state index is -4.37. The van der Waals surface area contributed by atoms with Gasteiger partial charge in [0.15, 0.2) is 0 Å². The van der Waals surface area contributed by atoms with E-state index in [2.05, 4.69) is 4.98 Å². The monoisotopic (exact) mass is 291 g/mol. The molecular weight excluding hydrogens is 279 g/mol. The number of hydrogen-bond acceptors (Lipinski definition) is 2. The summed E-state index contributed by atoms with van der Waals surface area (Å²) in [5.74, 6) is 0.606. The van der Waals surface area contributed by atoms with Crippen LogP contribution in [-0.2, 0) is 6.18 Å². The molecule has 21 heavy (non-hydrogen) atoms. The van der Waals surface area contributed by atoms with Crippen LogP contribution in [0.4, 0.5) is 18.9 Å². The molecule has 2 N–H and O–H groups in total. The van der Waals surface area contributed by atoms with Gasteiger partial charge in [-0.2, -0.15) is 13.2 Å². The molecule has 3 nitrogen and oxygen atoms in total. The average Bonchev–Trinajstić information content (AvgIpc) is 2.73. The highest BCUT2D eigenvalue weighted by Crippen LogP contribution is 2.31. The van der Waals surface area contributed by atoms with Crippen molar-refractivity contribution in [2.24, 2.45) is 0 Å². The number of rotatable bonds is 1. The van der Waals surface area contributed by atoms with E-state index >= 15 is 0 Å². The second-order valence-electron chi connectivity index (χ2n) is 4.79. The van der Waals surface area contributed by atoms with Crippen molar-refractivity contribution in [2.75, 3.05) is 5.73 Å². The molecule has 3 rings (SSSR count). The molecule has 0 fully saturated rings. The first-order valence-corrected chi connectivity index (χ1v) is 6.28. The van der Waals surface area contributed by atoms with Gasteiger partial charge in [-0.05, 0) is 43.3 Å². The summed E-state index contributed by atoms with van der Waals surface area (Å²) < 4.78 is 40.2. The number of halogens is 3. The molecule has 3 aromatic rings. The van der Waals surface area contributed by atoms with E-state index in [0.717, 1.165) is 17.6 Å². The van der Waals surface area contributed by atoms with Gasteiger partial charge in [0, 0.05) is 11.4 Å². The zero-order chi connectivity index (χ0) is 15.2. The minimum absolute atomic E-state index is 0.426. The molecule has 0 unspecified atom stereocenters. The predicted molar refractivity (Wildman–Crippen MR) is 75.2 cm³/mol. The van der Waals surface area contributed by atoms with Crippen LogP contribution in [-0.4, -0.2) is 9.55 Å². The van der Waals surface area contributed by atoms with E-state index in [1.165, 1.54) is 6.07 Å². The van der Waals surface area contributed by atoms with Crippen LogP contribution in [0.1, 0.15) is 11.4 Å². The topological polar surface area (TPSA) is 43.8 Å². The van der Waals surface area contributed by atoms with E-state index in [1.54, 1.807) is 35.8 Å². The third-order valence-corrected chi connectivity index (χ3v) is 3.28. The molecule has 1 aromatic heterocycles. The average molecular weight is 291 g/mol. The van der Waals surface area contributed by atoms with Crippen LogP contribution in [0.25, 0.3) is 16.7 Å². The summed E-state index contributed by atoms with van der Waals surface area (Å²) in [6, 6.07) is 10.3. The first-order chi connectivity index (χ1) is 9.86. The Morgan fingerprint density at radius 1 is 1.10 bits per heavy atom. The molecule has 2 aromatic carbocycles. The number of alkyl halides is 3. The van der Waals surface area contributed by atoms with Crippen molar-refractivity contribution in [3.05, 3.63) is 53.9 Å². The van der Waals surface area contributed by atoms with Gasteiger partial charge in [0.2, 0.25) is 0 Å². The second-order valence-corrected chi connectivity index (χ2v) is 4.79. The number of hydrogen-bond donors (Lipinski definition) is 1. The van der Waals surface area contributed by atoms with Gasteiger partial charge in [0.1, 0.15) is 5.82 Å². The summed E-state index contributed by atoms with van der Waals surface area (Å²) in [6.07, 6.45) is -4.37. The Morgan fingerprint density at radius 2 is 1.86 bits per heavy atom. The number of imidazole rings is 1. The van der Waals surface area contributed by atoms with Crippen LogP contribution < -0.4 is 5.73 Å². The van der Waals surface area contributed by atoms with Crippen molar-refractivity contribution in [3.8, 4) is 5.69 Å². The number of aromatic nitrogens is 2. The predicted octanol–water partition coefficient (Wildman–Crippen LogP) is 3.93. The maximum absolute atomic E-state index is 12.8. The molecule has 0 spiro atoms. The van der Waals surface area contributed by atoms with Gasteiger partial charge in [0.25, 0.3) is 0 Å². The summed E-state index contributed by atoms with van der Waals surface area (Å²) >= 11 is 0. The molecule has 0 saturated carbocycles. The van der Waals surface area contributed by atoms with Crippen LogP contribution in [0.3, 0.4) is 0 Å². The van der Waals surface area contributed by atoms with Crippen molar-refractivity contribution in [1.29, 1.82) is 0 Å². The van der Waals surface area contributed by atoms with Gasteiger partial charge in [0.05, 0.1) is 16.6 Å². The molecule has 0 aliphatic carbocycles. The van der Waals surface area contributed by atoms with Gasteiger partial charge in [-0.1, -0.05) is 6.07 Å². The molecule has 0 bridgehead atoms. The molecular formula is C15H12F3N3. The fourth-order valence-corrected chi connectivity index (χ4v) is 2.36. The van der Waals surface area contributed by atoms with E-state index in [9.17, 15) is 13.2 Å². The molecule has 0 radical (unpaired) electrons. The van der Waals surface area contributed by atoms with E-state index < -0.39 is 11.7 Å². The maximum Gasteiger partial charge on any atom is 0.416 e. The van der Waals surface area contributed by atoms with Gasteiger partial charge in [-0.3, -0.25) is 4.57 Å². The molecule has 1 heterocycles. The lowest BCUT2D eigenvalue weighted by Gasteiger charge is -2.11. The molecule has 0 saturated heterocycles. The molecule has 108 valence electrons. The van der Waals surface area contributed by atoms with Crippen molar-refractivity contribution in [3.63, 3.8) is 0 Å². The Kier molecular flexibility index (Phi) is 2.90. The summed E-state index contributed by atoms with van der Waals surface area (Å²) in [5.41, 5.74) is 7.39. The van der Waals surface area contributed by atoms with Crippen LogP contribution in [0.2, 0.25) is 0 Å². The molecule has 0 aliphatic rings. The van der Waals surface area contributed by atoms with Gasteiger partial charge in [-0.25, -0.2) is 4.98 Å². The van der Waals surface area contributed by atoms with Crippen LogP contribution in [0, 0.1) is 6.92 Å². The van der Waals surface area contributed by atoms with Crippen molar-refractivity contribution < 1.29 is 13.2 Å². The van der Waals surface area contributed by atoms with Crippen LogP contribution in [0.15, 0.2) is 42.5 Å². The fourth-order valence-electron chi connectivity index (χ4n) is 2.36. The number of anilines is 1. The lowest BCUT2D eigenvalue weighted by Crippen LogP contribution is -2.06. The highest BCUT2D eigenvalue weighted by Gasteiger charge is 2.30. The largest absolute Gasteiger partial charge is 0.416 e. The third kappa shape index (κ3) is 2.33. The minimum Gasteiger partial charge on any atom is -0.399 e. The Morgan fingerprint density at radius 3 is 2.57 bits per heavy atom. The molecule has 0 atom stereocenters. The lowest BCUT2D eigenvalue weighted by molar-refractivity contribution is -0.137. The number of benzene rings is 2. The number of nitrogens with zero attached hydrogens (tertiary/aromatic N) is 2. The quantitative estimate of drug-likeness (QED) is 0.690. The Bertz CT molecular complexity index is 819. The fraction of sp³-hybridized carbons (Fsp3) is 0.133. The number of aryl methyl sites for hydroxylation is 1. The molecule has 0 aliphatic heterocycles. The van der Waals surface area contributed by atoms with Gasteiger partial charge in [-0.15, -0.1) is 0 Å². The van der Waals surface area contributed by atoms with E-state index in [1.807, 2.05) is 0 Å². The second kappa shape index (κ2) is 4.51. The van der Waals surface area contributed by atoms with E-state index in [4.69, 9.17) is 5.73 Å². The first kappa shape index (κ1) is 13.5. The zero-order valence-electron chi connectivity index (χ0n) is 11.1. The lowest BCUT2D eigenvalue weighted by atomic mass is 10.2. The van der Waals surface area contributed by atoms with Gasteiger partial charge >= 0.3 is 6.18 Å². The number of nitrogens with two attached hydrogens (primary N) is 1. The number of nitrogen functional groups attached to an aromatic ring is 1. The SMILES string of the molecule is Cc1nc2cc(N)ccc2n1-c1cccc(C(F)(F)F)c1. The highest BCUT2D eigenvalue weighted by molar-refractivity contribution is 5.81. The maximum atomic E-state index is 12.8. The first-order valence-electron chi connectivity index (χ1n) is 6.28. The Hall–Kier alpha value is -2.50. The Labute approximate surface area is 118 Å². The van der Waals surface area contributed by atoms with Crippen LogP contribution >= 0.6 is 0 Å².